The average molecular weight is 446 g/mol. The highest BCUT2D eigenvalue weighted by atomic mass is 79.9. The summed E-state index contributed by atoms with van der Waals surface area (Å²) >= 11 is 3.20. The van der Waals surface area contributed by atoms with Gasteiger partial charge in [0.05, 0.1) is 21.8 Å². The Labute approximate surface area is 163 Å². The van der Waals surface area contributed by atoms with Crippen molar-refractivity contribution in [3.05, 3.63) is 40.3 Å². The fourth-order valence-corrected chi connectivity index (χ4v) is 3.78. The highest BCUT2D eigenvalue weighted by molar-refractivity contribution is 9.10. The van der Waals surface area contributed by atoms with Crippen molar-refractivity contribution >= 4 is 27.7 Å². The number of carbonyl (C=O) groups is 1. The van der Waals surface area contributed by atoms with Crippen LogP contribution in [0.5, 0.6) is 0 Å². The molecule has 3 heterocycles. The van der Waals surface area contributed by atoms with Crippen molar-refractivity contribution in [3.63, 3.8) is 0 Å². The zero-order valence-electron chi connectivity index (χ0n) is 14.9. The maximum atomic E-state index is 12.8. The monoisotopic (exact) mass is 445 g/mol. The van der Waals surface area contributed by atoms with Gasteiger partial charge in [0.2, 0.25) is 0 Å². The number of alkyl halides is 3. The minimum absolute atomic E-state index is 0.0672. The summed E-state index contributed by atoms with van der Waals surface area (Å²) in [5, 5.41) is 4.02. The second kappa shape index (κ2) is 7.49. The maximum Gasteiger partial charge on any atom is 0.417 e. The summed E-state index contributed by atoms with van der Waals surface area (Å²) in [6, 6.07) is 0.971. The average Bonchev–Trinajstić information content (AvgIpc) is 3.06. The number of nitrogens with zero attached hydrogens (tertiary/aromatic N) is 5. The Morgan fingerprint density at radius 1 is 1.37 bits per heavy atom. The van der Waals surface area contributed by atoms with E-state index in [2.05, 4.69) is 26.0 Å². The van der Waals surface area contributed by atoms with Crippen LogP contribution in [0.15, 0.2) is 29.1 Å². The summed E-state index contributed by atoms with van der Waals surface area (Å²) in [5.74, 6) is 0.323. The second-order valence-electron chi connectivity index (χ2n) is 6.59. The van der Waals surface area contributed by atoms with Gasteiger partial charge in [-0.1, -0.05) is 0 Å². The highest BCUT2D eigenvalue weighted by Gasteiger charge is 2.33. The molecule has 1 unspecified atom stereocenters. The molecular formula is C17H19BrF3N5O. The van der Waals surface area contributed by atoms with Crippen molar-refractivity contribution < 1.29 is 18.0 Å². The van der Waals surface area contributed by atoms with Crippen LogP contribution >= 0.6 is 15.9 Å². The predicted molar refractivity (Wildman–Crippen MR) is 97.5 cm³/mol. The number of carbonyl (C=O) groups excluding carboxylic acids is 1. The van der Waals surface area contributed by atoms with E-state index in [0.717, 1.165) is 25.1 Å². The molecule has 0 aromatic carbocycles. The number of halogens is 4. The molecule has 0 aliphatic carbocycles. The maximum absolute atomic E-state index is 12.8. The van der Waals surface area contributed by atoms with Gasteiger partial charge >= 0.3 is 6.18 Å². The van der Waals surface area contributed by atoms with Gasteiger partial charge in [0.15, 0.2) is 0 Å². The van der Waals surface area contributed by atoms with Gasteiger partial charge in [-0.15, -0.1) is 0 Å². The molecule has 1 amide bonds. The fourth-order valence-electron chi connectivity index (χ4n) is 3.18. The highest BCUT2D eigenvalue weighted by Crippen LogP contribution is 2.34. The van der Waals surface area contributed by atoms with E-state index in [-0.39, 0.29) is 11.9 Å². The van der Waals surface area contributed by atoms with Crippen LogP contribution in [-0.2, 0) is 13.2 Å². The molecule has 146 valence electrons. The van der Waals surface area contributed by atoms with Crippen LogP contribution in [0.1, 0.15) is 28.8 Å². The Balaban J connectivity index is 1.75. The number of aryl methyl sites for hydroxylation is 1. The lowest BCUT2D eigenvalue weighted by Crippen LogP contribution is -2.49. The van der Waals surface area contributed by atoms with Crippen molar-refractivity contribution in [3.8, 4) is 0 Å². The Bertz CT molecular complexity index is 838. The number of piperidine rings is 1. The third kappa shape index (κ3) is 4.26. The minimum atomic E-state index is -4.44. The third-order valence-corrected chi connectivity index (χ3v) is 5.25. The molecule has 1 aliphatic rings. The topological polar surface area (TPSA) is 54.3 Å². The number of amides is 1. The van der Waals surface area contributed by atoms with Crippen molar-refractivity contribution in [1.29, 1.82) is 0 Å². The zero-order chi connectivity index (χ0) is 19.8. The summed E-state index contributed by atoms with van der Waals surface area (Å²) in [7, 11) is 3.48. The van der Waals surface area contributed by atoms with Crippen molar-refractivity contribution in [2.75, 3.05) is 25.0 Å². The van der Waals surface area contributed by atoms with Crippen LogP contribution in [0.2, 0.25) is 0 Å². The van der Waals surface area contributed by atoms with Gasteiger partial charge in [0.1, 0.15) is 5.82 Å². The lowest BCUT2D eigenvalue weighted by atomic mass is 10.0. The molecule has 0 saturated carbocycles. The van der Waals surface area contributed by atoms with Crippen molar-refractivity contribution in [2.45, 2.75) is 25.1 Å². The first kappa shape index (κ1) is 19.7. The van der Waals surface area contributed by atoms with Gasteiger partial charge in [0.25, 0.3) is 5.91 Å². The van der Waals surface area contributed by atoms with E-state index < -0.39 is 11.7 Å². The number of likely N-dealkylation sites (N-methyl/N-ethyl adjacent to an activating group) is 1. The molecule has 1 fully saturated rings. The van der Waals surface area contributed by atoms with Gasteiger partial charge < -0.3 is 9.80 Å². The lowest BCUT2D eigenvalue weighted by molar-refractivity contribution is -0.137. The molecule has 0 radical (unpaired) electrons. The number of pyridine rings is 1. The first-order valence-electron chi connectivity index (χ1n) is 8.40. The van der Waals surface area contributed by atoms with E-state index in [1.165, 1.54) is 6.20 Å². The quantitative estimate of drug-likeness (QED) is 0.726. The van der Waals surface area contributed by atoms with Crippen LogP contribution in [-0.4, -0.2) is 51.8 Å². The zero-order valence-corrected chi connectivity index (χ0v) is 16.5. The molecule has 10 heteroatoms. The minimum Gasteiger partial charge on any atom is -0.354 e. The molecular weight excluding hydrogens is 427 g/mol. The van der Waals surface area contributed by atoms with Gasteiger partial charge in [-0.05, 0) is 34.8 Å². The molecule has 1 saturated heterocycles. The molecule has 0 spiro atoms. The number of anilines is 1. The molecule has 0 bridgehead atoms. The van der Waals surface area contributed by atoms with Crippen LogP contribution in [0.3, 0.4) is 0 Å². The van der Waals surface area contributed by atoms with Gasteiger partial charge in [-0.25, -0.2) is 4.98 Å². The predicted octanol–water partition coefficient (Wildman–Crippen LogP) is 3.34. The standard InChI is InChI=1S/C17H19BrF3N5O/c1-24-9-11(7-23-24)16(27)25(2)13-4-3-5-26(10-13)15-14(18)6-12(8-22-15)17(19,20)21/h6-9,13H,3-5,10H2,1-2H3. The fraction of sp³-hybridized carbons (Fsp3) is 0.471. The Hall–Kier alpha value is -2.10. The van der Waals surface area contributed by atoms with Gasteiger partial charge in [-0.2, -0.15) is 18.3 Å². The lowest BCUT2D eigenvalue weighted by Gasteiger charge is -2.38. The van der Waals surface area contributed by atoms with Crippen molar-refractivity contribution in [2.24, 2.45) is 7.05 Å². The summed E-state index contributed by atoms with van der Waals surface area (Å²) < 4.78 is 40.4. The van der Waals surface area contributed by atoms with Gasteiger partial charge in [0, 0.05) is 45.6 Å². The summed E-state index contributed by atoms with van der Waals surface area (Å²) in [6.07, 6.45) is 1.21. The summed E-state index contributed by atoms with van der Waals surface area (Å²) in [4.78, 5) is 20.2. The SMILES string of the molecule is CN(C(=O)c1cnn(C)c1)C1CCCN(c2ncc(C(F)(F)F)cc2Br)C1. The van der Waals surface area contributed by atoms with E-state index >= 15 is 0 Å². The molecule has 27 heavy (non-hydrogen) atoms. The second-order valence-corrected chi connectivity index (χ2v) is 7.44. The van der Waals surface area contributed by atoms with Crippen molar-refractivity contribution in [1.82, 2.24) is 19.7 Å². The van der Waals surface area contributed by atoms with E-state index in [1.54, 1.807) is 29.9 Å². The first-order chi connectivity index (χ1) is 12.7. The molecule has 1 aliphatic heterocycles. The van der Waals surface area contributed by atoms with Crippen LogP contribution in [0.25, 0.3) is 0 Å². The van der Waals surface area contributed by atoms with E-state index in [9.17, 15) is 18.0 Å². The number of rotatable bonds is 3. The molecule has 6 nitrogen and oxygen atoms in total. The largest absolute Gasteiger partial charge is 0.417 e. The number of hydrogen-bond donors (Lipinski definition) is 0. The number of aromatic nitrogens is 3. The molecule has 0 N–H and O–H groups in total. The summed E-state index contributed by atoms with van der Waals surface area (Å²) in [5.41, 5.74) is -0.290. The van der Waals surface area contributed by atoms with Crippen LogP contribution in [0, 0.1) is 0 Å². The van der Waals surface area contributed by atoms with Gasteiger partial charge in [-0.3, -0.25) is 9.48 Å². The molecule has 1 atom stereocenters. The normalized spacial score (nSPS) is 17.9. The van der Waals surface area contributed by atoms with E-state index in [1.807, 2.05) is 4.90 Å². The smallest absolute Gasteiger partial charge is 0.354 e. The Morgan fingerprint density at radius 3 is 2.70 bits per heavy atom. The first-order valence-corrected chi connectivity index (χ1v) is 9.19. The number of hydrogen-bond acceptors (Lipinski definition) is 4. The molecule has 3 rings (SSSR count). The Kier molecular flexibility index (Phi) is 5.45. The molecule has 2 aromatic heterocycles. The Morgan fingerprint density at radius 2 is 2.11 bits per heavy atom. The third-order valence-electron chi connectivity index (χ3n) is 4.67. The van der Waals surface area contributed by atoms with E-state index in [4.69, 9.17) is 0 Å². The molecule has 2 aromatic rings. The van der Waals surface area contributed by atoms with Crippen LogP contribution in [0.4, 0.5) is 19.0 Å². The summed E-state index contributed by atoms with van der Waals surface area (Å²) in [6.45, 7) is 1.17. The van der Waals surface area contributed by atoms with E-state index in [0.29, 0.717) is 28.9 Å². The van der Waals surface area contributed by atoms with Crippen LogP contribution < -0.4 is 4.90 Å².